The van der Waals surface area contributed by atoms with Gasteiger partial charge in [-0.15, -0.1) is 5.10 Å². The molecule has 0 aromatic carbocycles. The third-order valence-corrected chi connectivity index (χ3v) is 3.34. The molecular weight excluding hydrogens is 256 g/mol. The van der Waals surface area contributed by atoms with E-state index in [-0.39, 0.29) is 11.1 Å². The Morgan fingerprint density at radius 3 is 3.11 bits per heavy atom. The van der Waals surface area contributed by atoms with E-state index < -0.39 is 5.97 Å². The minimum Gasteiger partial charge on any atom is -0.466 e. The molecule has 1 aromatic rings. The first kappa shape index (κ1) is 13.2. The topological polar surface area (TPSA) is 70.5 Å². The molecule has 1 atom stereocenters. The van der Waals surface area contributed by atoms with Crippen molar-refractivity contribution in [3.05, 3.63) is 5.01 Å². The Hall–Kier alpha value is -1.21. The summed E-state index contributed by atoms with van der Waals surface area (Å²) in [4.78, 5) is 11.4. The van der Waals surface area contributed by atoms with Crippen molar-refractivity contribution >= 4 is 17.3 Å². The van der Waals surface area contributed by atoms with E-state index >= 15 is 0 Å². The van der Waals surface area contributed by atoms with Crippen LogP contribution in [0.5, 0.6) is 5.19 Å². The van der Waals surface area contributed by atoms with Gasteiger partial charge in [0.05, 0.1) is 12.7 Å². The summed E-state index contributed by atoms with van der Waals surface area (Å²) >= 11 is 1.09. The highest BCUT2D eigenvalue weighted by Crippen LogP contribution is 2.20. The molecule has 0 spiro atoms. The first-order valence-electron chi connectivity index (χ1n) is 6.04. The van der Waals surface area contributed by atoms with Gasteiger partial charge in [-0.3, -0.25) is 0 Å². The summed E-state index contributed by atoms with van der Waals surface area (Å²) in [7, 11) is 0. The zero-order chi connectivity index (χ0) is 12.8. The Bertz CT molecular complexity index is 390. The molecule has 0 bridgehead atoms. The van der Waals surface area contributed by atoms with Gasteiger partial charge in [0.15, 0.2) is 0 Å². The molecule has 1 saturated heterocycles. The Morgan fingerprint density at radius 1 is 1.50 bits per heavy atom. The quantitative estimate of drug-likeness (QED) is 0.759. The molecule has 7 heteroatoms. The SMILES string of the molecule is CCOC(=O)c1nnc(OCC2CCCCO2)s1. The molecule has 18 heavy (non-hydrogen) atoms. The van der Waals surface area contributed by atoms with Crippen LogP contribution in [0.15, 0.2) is 0 Å². The van der Waals surface area contributed by atoms with Gasteiger partial charge in [-0.1, -0.05) is 5.10 Å². The maximum absolute atomic E-state index is 11.4. The molecule has 1 fully saturated rings. The van der Waals surface area contributed by atoms with Crippen LogP contribution in [0.3, 0.4) is 0 Å². The molecule has 100 valence electrons. The van der Waals surface area contributed by atoms with E-state index in [0.29, 0.717) is 18.4 Å². The van der Waals surface area contributed by atoms with Crippen LogP contribution < -0.4 is 4.74 Å². The first-order chi connectivity index (χ1) is 8.79. The minimum absolute atomic E-state index is 0.119. The molecule has 0 amide bonds. The Labute approximate surface area is 109 Å². The highest BCUT2D eigenvalue weighted by molar-refractivity contribution is 7.14. The summed E-state index contributed by atoms with van der Waals surface area (Å²) in [6.07, 6.45) is 3.40. The summed E-state index contributed by atoms with van der Waals surface area (Å²) in [6, 6.07) is 0. The van der Waals surface area contributed by atoms with Crippen LogP contribution in [0.1, 0.15) is 36.0 Å². The zero-order valence-corrected chi connectivity index (χ0v) is 11.1. The van der Waals surface area contributed by atoms with Crippen LogP contribution in [-0.2, 0) is 9.47 Å². The number of carbonyl (C=O) groups excluding carboxylic acids is 1. The average molecular weight is 272 g/mol. The highest BCUT2D eigenvalue weighted by Gasteiger charge is 2.18. The van der Waals surface area contributed by atoms with Gasteiger partial charge in [-0.05, 0) is 37.5 Å². The lowest BCUT2D eigenvalue weighted by atomic mass is 10.1. The molecule has 0 N–H and O–H groups in total. The number of rotatable bonds is 5. The minimum atomic E-state index is -0.459. The van der Waals surface area contributed by atoms with Crippen molar-refractivity contribution in [1.82, 2.24) is 10.2 Å². The summed E-state index contributed by atoms with van der Waals surface area (Å²) in [6.45, 7) is 3.32. The molecule has 2 rings (SSSR count). The fourth-order valence-corrected chi connectivity index (χ4v) is 2.24. The van der Waals surface area contributed by atoms with E-state index in [1.165, 1.54) is 0 Å². The molecule has 1 aliphatic rings. The molecule has 0 radical (unpaired) electrons. The second-order valence-corrected chi connectivity index (χ2v) is 4.83. The van der Waals surface area contributed by atoms with Crippen molar-refractivity contribution < 1.29 is 19.0 Å². The van der Waals surface area contributed by atoms with Gasteiger partial charge in [0.25, 0.3) is 5.19 Å². The van der Waals surface area contributed by atoms with Crippen LogP contribution in [0, 0.1) is 0 Å². The summed E-state index contributed by atoms with van der Waals surface area (Å²) < 4.78 is 15.8. The lowest BCUT2D eigenvalue weighted by Crippen LogP contribution is -2.25. The standard InChI is InChI=1S/C11H16N2O4S/c1-2-15-10(14)9-12-13-11(18-9)17-7-8-5-3-4-6-16-8/h8H,2-7H2,1H3. The predicted octanol–water partition coefficient (Wildman–Crippen LogP) is 1.66. The highest BCUT2D eigenvalue weighted by atomic mass is 32.1. The average Bonchev–Trinajstić information content (AvgIpc) is 2.87. The lowest BCUT2D eigenvalue weighted by Gasteiger charge is -2.21. The van der Waals surface area contributed by atoms with Gasteiger partial charge in [0, 0.05) is 6.61 Å². The fraction of sp³-hybridized carbons (Fsp3) is 0.727. The van der Waals surface area contributed by atoms with Gasteiger partial charge in [-0.25, -0.2) is 4.79 Å². The van der Waals surface area contributed by atoms with Crippen LogP contribution >= 0.6 is 11.3 Å². The normalized spacial score (nSPS) is 19.5. The number of hydrogen-bond acceptors (Lipinski definition) is 7. The van der Waals surface area contributed by atoms with Crippen LogP contribution in [0.25, 0.3) is 0 Å². The summed E-state index contributed by atoms with van der Waals surface area (Å²) in [5.41, 5.74) is 0. The molecule has 0 aliphatic carbocycles. The van der Waals surface area contributed by atoms with E-state index in [1.54, 1.807) is 6.92 Å². The van der Waals surface area contributed by atoms with Crippen molar-refractivity contribution in [1.29, 1.82) is 0 Å². The number of hydrogen-bond donors (Lipinski definition) is 0. The third kappa shape index (κ3) is 3.64. The molecular formula is C11H16N2O4S. The first-order valence-corrected chi connectivity index (χ1v) is 6.86. The molecule has 1 aliphatic heterocycles. The molecule has 1 unspecified atom stereocenters. The Kier molecular flexibility index (Phi) is 4.89. The van der Waals surface area contributed by atoms with E-state index in [0.717, 1.165) is 37.2 Å². The number of nitrogens with zero attached hydrogens (tertiary/aromatic N) is 2. The van der Waals surface area contributed by atoms with Crippen molar-refractivity contribution in [3.8, 4) is 5.19 Å². The molecule has 2 heterocycles. The van der Waals surface area contributed by atoms with E-state index in [1.807, 2.05) is 0 Å². The van der Waals surface area contributed by atoms with Crippen molar-refractivity contribution in [3.63, 3.8) is 0 Å². The van der Waals surface area contributed by atoms with Gasteiger partial charge in [-0.2, -0.15) is 0 Å². The molecule has 0 saturated carbocycles. The molecule has 1 aromatic heterocycles. The monoisotopic (exact) mass is 272 g/mol. The predicted molar refractivity (Wildman–Crippen MR) is 65.0 cm³/mol. The summed E-state index contributed by atoms with van der Waals surface area (Å²) in [5, 5.41) is 8.12. The maximum Gasteiger partial charge on any atom is 0.369 e. The van der Waals surface area contributed by atoms with E-state index in [4.69, 9.17) is 14.2 Å². The number of carbonyl (C=O) groups is 1. The van der Waals surface area contributed by atoms with E-state index in [2.05, 4.69) is 10.2 Å². The smallest absolute Gasteiger partial charge is 0.369 e. The third-order valence-electron chi connectivity index (χ3n) is 2.52. The second kappa shape index (κ2) is 6.65. The van der Waals surface area contributed by atoms with Crippen LogP contribution in [0.2, 0.25) is 0 Å². The van der Waals surface area contributed by atoms with Crippen LogP contribution in [0.4, 0.5) is 0 Å². The Balaban J connectivity index is 1.80. The van der Waals surface area contributed by atoms with Gasteiger partial charge in [0.1, 0.15) is 6.61 Å². The lowest BCUT2D eigenvalue weighted by molar-refractivity contribution is -0.0112. The van der Waals surface area contributed by atoms with E-state index in [9.17, 15) is 4.79 Å². The number of esters is 1. The van der Waals surface area contributed by atoms with Crippen LogP contribution in [-0.4, -0.2) is 42.1 Å². The largest absolute Gasteiger partial charge is 0.466 e. The van der Waals surface area contributed by atoms with Crippen molar-refractivity contribution in [2.45, 2.75) is 32.3 Å². The number of aromatic nitrogens is 2. The van der Waals surface area contributed by atoms with Gasteiger partial charge < -0.3 is 14.2 Å². The molecule has 6 nitrogen and oxygen atoms in total. The second-order valence-electron chi connectivity index (χ2n) is 3.89. The van der Waals surface area contributed by atoms with Crippen molar-refractivity contribution in [2.75, 3.05) is 19.8 Å². The zero-order valence-electron chi connectivity index (χ0n) is 10.3. The van der Waals surface area contributed by atoms with Gasteiger partial charge in [0.2, 0.25) is 5.01 Å². The van der Waals surface area contributed by atoms with Crippen molar-refractivity contribution in [2.24, 2.45) is 0 Å². The van der Waals surface area contributed by atoms with Gasteiger partial charge >= 0.3 is 5.97 Å². The summed E-state index contributed by atoms with van der Waals surface area (Å²) in [5.74, 6) is -0.459. The number of ether oxygens (including phenoxy) is 3. The fourth-order valence-electron chi connectivity index (χ4n) is 1.65. The Morgan fingerprint density at radius 2 is 2.39 bits per heavy atom. The maximum atomic E-state index is 11.4.